The summed E-state index contributed by atoms with van der Waals surface area (Å²) < 4.78 is 1.32. The second kappa shape index (κ2) is 2.79. The maximum Gasteiger partial charge on any atom is 0.270 e. The van der Waals surface area contributed by atoms with E-state index in [4.69, 9.17) is 0 Å². The van der Waals surface area contributed by atoms with Crippen molar-refractivity contribution in [3.63, 3.8) is 0 Å². The molecule has 0 amide bonds. The van der Waals surface area contributed by atoms with Crippen LogP contribution >= 0.6 is 0 Å². The van der Waals surface area contributed by atoms with Crippen LogP contribution in [0.2, 0.25) is 0 Å². The molecule has 0 saturated carbocycles. The Morgan fingerprint density at radius 1 is 1.36 bits per heavy atom. The first-order chi connectivity index (χ1) is 4.97. The molecule has 0 atom stereocenters. The minimum Gasteiger partial charge on any atom is -0.344 e. The Labute approximate surface area is 60.4 Å². The average molecular weight is 155 g/mol. The zero-order chi connectivity index (χ0) is 6.81. The summed E-state index contributed by atoms with van der Waals surface area (Å²) in [5.74, 6) is 0.394. The molecule has 9 nitrogen and oxygen atoms in total. The summed E-state index contributed by atoms with van der Waals surface area (Å²) in [5.41, 5.74) is 0. The molecule has 2 rings (SSSR count). The molecule has 0 aliphatic heterocycles. The minimum atomic E-state index is 0. The summed E-state index contributed by atoms with van der Waals surface area (Å²) in [6, 6.07) is 0. The molecule has 0 radical (unpaired) electrons. The van der Waals surface area contributed by atoms with Gasteiger partial charge in [0, 0.05) is 0 Å². The number of aromatic amines is 1. The smallest absolute Gasteiger partial charge is 0.270 e. The van der Waals surface area contributed by atoms with E-state index in [2.05, 4.69) is 36.1 Å². The number of hydrogen-bond acceptors (Lipinski definition) is 7. The minimum absolute atomic E-state index is 0. The summed E-state index contributed by atoms with van der Waals surface area (Å²) >= 11 is 0. The second-order valence-electron chi connectivity index (χ2n) is 1.48. The summed E-state index contributed by atoms with van der Waals surface area (Å²) in [6.07, 6.45) is 1.39. The van der Waals surface area contributed by atoms with Crippen LogP contribution in [0.15, 0.2) is 6.33 Å². The number of tetrazole rings is 2. The molecule has 0 aliphatic rings. The van der Waals surface area contributed by atoms with Gasteiger partial charge in [0.15, 0.2) is 0 Å². The number of H-pyrrole nitrogens is 1. The van der Waals surface area contributed by atoms with Gasteiger partial charge in [0.1, 0.15) is 6.33 Å². The third kappa shape index (κ3) is 1.16. The van der Waals surface area contributed by atoms with E-state index < -0.39 is 0 Å². The Bertz CT molecular complexity index is 247. The fourth-order valence-electron chi connectivity index (χ4n) is 0.510. The van der Waals surface area contributed by atoms with E-state index in [-0.39, 0.29) is 6.15 Å². The van der Waals surface area contributed by atoms with E-state index in [1.165, 1.54) is 11.0 Å². The Kier molecular flexibility index (Phi) is 1.83. The van der Waals surface area contributed by atoms with Crippen molar-refractivity contribution in [3.05, 3.63) is 6.33 Å². The highest BCUT2D eigenvalue weighted by Gasteiger charge is 1.98. The zero-order valence-electron chi connectivity index (χ0n) is 5.41. The summed E-state index contributed by atoms with van der Waals surface area (Å²) in [7, 11) is 0. The zero-order valence-corrected chi connectivity index (χ0v) is 5.41. The molecular formula is C2H5N9. The van der Waals surface area contributed by atoms with Gasteiger partial charge >= 0.3 is 0 Å². The van der Waals surface area contributed by atoms with Crippen LogP contribution in [0.25, 0.3) is 5.95 Å². The number of rotatable bonds is 1. The number of hydrogen-bond donors (Lipinski definition) is 2. The Morgan fingerprint density at radius 3 is 2.82 bits per heavy atom. The molecule has 11 heavy (non-hydrogen) atoms. The Hall–Kier alpha value is -1.90. The molecule has 0 spiro atoms. The summed E-state index contributed by atoms with van der Waals surface area (Å²) in [4.78, 5) is 0. The highest BCUT2D eigenvalue weighted by molar-refractivity contribution is 4.97. The van der Waals surface area contributed by atoms with Gasteiger partial charge in [-0.15, -0.1) is 5.10 Å². The predicted octanol–water partition coefficient (Wildman–Crippen LogP) is -1.66. The number of nitrogens with one attached hydrogen (secondary N) is 1. The van der Waals surface area contributed by atoms with E-state index in [1.807, 2.05) is 0 Å². The molecule has 0 saturated heterocycles. The van der Waals surface area contributed by atoms with Crippen LogP contribution in [0.1, 0.15) is 0 Å². The second-order valence-corrected chi connectivity index (χ2v) is 1.48. The fraction of sp³-hybridized carbons (Fsp3) is 0. The molecule has 58 valence electrons. The predicted molar refractivity (Wildman–Crippen MR) is 31.9 cm³/mol. The van der Waals surface area contributed by atoms with Crippen LogP contribution in [-0.4, -0.2) is 40.8 Å². The highest BCUT2D eigenvalue weighted by Crippen LogP contribution is 1.86. The fourth-order valence-corrected chi connectivity index (χ4v) is 0.510. The van der Waals surface area contributed by atoms with E-state index in [9.17, 15) is 0 Å². The van der Waals surface area contributed by atoms with Gasteiger partial charge < -0.3 is 6.15 Å². The Balaban J connectivity index is 0.000000605. The van der Waals surface area contributed by atoms with Crippen LogP contribution in [0.3, 0.4) is 0 Å². The quantitative estimate of drug-likeness (QED) is 0.503. The lowest BCUT2D eigenvalue weighted by molar-refractivity contribution is 0.750. The monoisotopic (exact) mass is 155 g/mol. The van der Waals surface area contributed by atoms with Gasteiger partial charge in [-0.25, -0.2) is 5.10 Å². The number of nitrogens with zero attached hydrogens (tertiary/aromatic N) is 7. The first-order valence-corrected chi connectivity index (χ1v) is 2.44. The molecule has 0 aromatic carbocycles. The van der Waals surface area contributed by atoms with E-state index in [0.29, 0.717) is 5.95 Å². The van der Waals surface area contributed by atoms with E-state index >= 15 is 0 Å². The van der Waals surface area contributed by atoms with Gasteiger partial charge in [0.25, 0.3) is 5.95 Å². The molecule has 9 heteroatoms. The van der Waals surface area contributed by atoms with Crippen molar-refractivity contribution < 1.29 is 0 Å². The van der Waals surface area contributed by atoms with E-state index in [1.54, 1.807) is 0 Å². The van der Waals surface area contributed by atoms with Crippen LogP contribution in [-0.2, 0) is 0 Å². The lowest BCUT2D eigenvalue weighted by Crippen LogP contribution is -1.97. The molecule has 0 aliphatic carbocycles. The molecule has 2 aromatic heterocycles. The largest absolute Gasteiger partial charge is 0.344 e. The van der Waals surface area contributed by atoms with Crippen LogP contribution in [0.5, 0.6) is 0 Å². The van der Waals surface area contributed by atoms with Crippen molar-refractivity contribution in [3.8, 4) is 5.95 Å². The van der Waals surface area contributed by atoms with Crippen molar-refractivity contribution in [1.82, 2.24) is 47.0 Å². The SMILES string of the molecule is N.c1nnnn1-c1nnn[nH]1. The van der Waals surface area contributed by atoms with Gasteiger partial charge in [0.2, 0.25) is 0 Å². The topological polar surface area (TPSA) is 133 Å². The standard InChI is InChI=1S/C2H2N8.H3N/c1-3-6-9-10(1)2-4-7-8-5-2;/h1H,(H,4,5,7,8);1H3. The van der Waals surface area contributed by atoms with Crippen LogP contribution in [0.4, 0.5) is 0 Å². The van der Waals surface area contributed by atoms with Crippen LogP contribution in [0, 0.1) is 0 Å². The molecule has 0 fully saturated rings. The maximum absolute atomic E-state index is 3.56. The highest BCUT2D eigenvalue weighted by atomic mass is 15.6. The molecule has 0 unspecified atom stereocenters. The first kappa shape index (κ1) is 7.21. The summed E-state index contributed by atoms with van der Waals surface area (Å²) in [6.45, 7) is 0. The molecule has 2 heterocycles. The van der Waals surface area contributed by atoms with Gasteiger partial charge in [-0.1, -0.05) is 5.10 Å². The van der Waals surface area contributed by atoms with Gasteiger partial charge in [-0.2, -0.15) is 4.68 Å². The van der Waals surface area contributed by atoms with Gasteiger partial charge in [-0.05, 0) is 20.9 Å². The van der Waals surface area contributed by atoms with E-state index in [0.717, 1.165) is 0 Å². The lowest BCUT2D eigenvalue weighted by atomic mass is 11.0. The first-order valence-electron chi connectivity index (χ1n) is 2.44. The third-order valence-electron chi connectivity index (χ3n) is 0.900. The van der Waals surface area contributed by atoms with Crippen molar-refractivity contribution in [1.29, 1.82) is 0 Å². The van der Waals surface area contributed by atoms with Crippen molar-refractivity contribution in [2.75, 3.05) is 0 Å². The molecule has 2 aromatic rings. The Morgan fingerprint density at radius 2 is 2.27 bits per heavy atom. The lowest BCUT2D eigenvalue weighted by Gasteiger charge is -1.84. The van der Waals surface area contributed by atoms with Crippen molar-refractivity contribution in [2.24, 2.45) is 0 Å². The van der Waals surface area contributed by atoms with Gasteiger partial charge in [-0.3, -0.25) is 0 Å². The van der Waals surface area contributed by atoms with Crippen molar-refractivity contribution in [2.45, 2.75) is 0 Å². The maximum atomic E-state index is 3.56. The average Bonchev–Trinajstić information content (AvgIpc) is 2.59. The normalized spacial score (nSPS) is 9.09. The van der Waals surface area contributed by atoms with Gasteiger partial charge in [0.05, 0.1) is 0 Å². The molecule has 0 bridgehead atoms. The number of aromatic nitrogens is 8. The summed E-state index contributed by atoms with van der Waals surface area (Å²) in [5, 5.41) is 23.1. The third-order valence-corrected chi connectivity index (χ3v) is 0.900. The van der Waals surface area contributed by atoms with Crippen molar-refractivity contribution >= 4 is 0 Å². The molecular weight excluding hydrogens is 150 g/mol. The van der Waals surface area contributed by atoms with Crippen LogP contribution < -0.4 is 6.15 Å². The molecule has 4 N–H and O–H groups in total.